The van der Waals surface area contributed by atoms with Crippen molar-refractivity contribution in [3.63, 3.8) is 0 Å². The van der Waals surface area contributed by atoms with Crippen molar-refractivity contribution in [2.24, 2.45) is 34.5 Å². The fourth-order valence-electron chi connectivity index (χ4n) is 7.04. The SMILES string of the molecule is CC(C)C1CC[C@@H]2C(=CCC3[C@]2(C)CCC[C@]3(C)C(=O)NCc2ccccc2)C1. The molecule has 0 bridgehead atoms. The third-order valence-corrected chi connectivity index (χ3v) is 8.92. The molecule has 4 rings (SSSR count). The van der Waals surface area contributed by atoms with Gasteiger partial charge in [-0.2, -0.15) is 0 Å². The Morgan fingerprint density at radius 2 is 1.90 bits per heavy atom. The third kappa shape index (κ3) is 3.68. The van der Waals surface area contributed by atoms with Crippen molar-refractivity contribution in [2.75, 3.05) is 0 Å². The normalized spacial score (nSPS) is 36.7. The van der Waals surface area contributed by atoms with Gasteiger partial charge in [0.15, 0.2) is 0 Å². The highest BCUT2D eigenvalue weighted by molar-refractivity contribution is 5.83. The molecule has 5 atom stereocenters. The number of hydrogen-bond acceptors (Lipinski definition) is 1. The molecule has 0 heterocycles. The zero-order valence-electron chi connectivity index (χ0n) is 18.8. The van der Waals surface area contributed by atoms with Crippen LogP contribution in [0.2, 0.25) is 0 Å². The number of benzene rings is 1. The lowest BCUT2D eigenvalue weighted by atomic mass is 9.46. The Labute approximate surface area is 177 Å². The predicted octanol–water partition coefficient (Wildman–Crippen LogP) is 6.52. The first-order valence-electron chi connectivity index (χ1n) is 11.9. The van der Waals surface area contributed by atoms with Crippen LogP contribution in [0.1, 0.15) is 78.2 Å². The molecular weight excluding hydrogens is 354 g/mol. The Bertz CT molecular complexity index is 766. The van der Waals surface area contributed by atoms with E-state index in [4.69, 9.17) is 0 Å². The molecule has 158 valence electrons. The zero-order chi connectivity index (χ0) is 20.6. The van der Waals surface area contributed by atoms with E-state index in [1.165, 1.54) is 37.7 Å². The molecule has 1 amide bonds. The molecule has 0 spiro atoms. The van der Waals surface area contributed by atoms with Crippen LogP contribution in [-0.2, 0) is 11.3 Å². The number of rotatable bonds is 4. The number of hydrogen-bond donors (Lipinski definition) is 1. The van der Waals surface area contributed by atoms with E-state index >= 15 is 0 Å². The Kier molecular flexibility index (Phi) is 5.66. The predicted molar refractivity (Wildman–Crippen MR) is 120 cm³/mol. The second-order valence-corrected chi connectivity index (χ2v) is 10.9. The number of fused-ring (bicyclic) bond motifs is 3. The van der Waals surface area contributed by atoms with E-state index in [1.54, 1.807) is 5.57 Å². The van der Waals surface area contributed by atoms with E-state index in [0.29, 0.717) is 18.4 Å². The first-order chi connectivity index (χ1) is 13.8. The molecule has 2 saturated carbocycles. The second kappa shape index (κ2) is 7.93. The molecule has 1 N–H and O–H groups in total. The fourth-order valence-corrected chi connectivity index (χ4v) is 7.04. The molecule has 2 heteroatoms. The molecule has 0 radical (unpaired) electrons. The van der Waals surface area contributed by atoms with Gasteiger partial charge in [-0.25, -0.2) is 0 Å². The summed E-state index contributed by atoms with van der Waals surface area (Å²) < 4.78 is 0. The monoisotopic (exact) mass is 393 g/mol. The second-order valence-electron chi connectivity index (χ2n) is 10.9. The van der Waals surface area contributed by atoms with E-state index < -0.39 is 0 Å². The summed E-state index contributed by atoms with van der Waals surface area (Å²) in [5.74, 6) is 3.05. The lowest BCUT2D eigenvalue weighted by molar-refractivity contribution is -0.145. The van der Waals surface area contributed by atoms with Crippen LogP contribution >= 0.6 is 0 Å². The maximum absolute atomic E-state index is 13.5. The van der Waals surface area contributed by atoms with Gasteiger partial charge in [0.05, 0.1) is 5.41 Å². The summed E-state index contributed by atoms with van der Waals surface area (Å²) in [4.78, 5) is 13.5. The highest BCUT2D eigenvalue weighted by atomic mass is 16.2. The Morgan fingerprint density at radius 3 is 2.62 bits per heavy atom. The van der Waals surface area contributed by atoms with Gasteiger partial charge in [-0.05, 0) is 73.2 Å². The summed E-state index contributed by atoms with van der Waals surface area (Å²) in [6.45, 7) is 10.2. The van der Waals surface area contributed by atoms with Crippen molar-refractivity contribution in [3.8, 4) is 0 Å². The van der Waals surface area contributed by atoms with Gasteiger partial charge in [0.25, 0.3) is 0 Å². The molecule has 0 aliphatic heterocycles. The van der Waals surface area contributed by atoms with Crippen LogP contribution in [-0.4, -0.2) is 5.91 Å². The average molecular weight is 394 g/mol. The largest absolute Gasteiger partial charge is 0.352 e. The Balaban J connectivity index is 1.53. The van der Waals surface area contributed by atoms with Gasteiger partial charge in [-0.15, -0.1) is 0 Å². The number of nitrogens with one attached hydrogen (secondary N) is 1. The zero-order valence-corrected chi connectivity index (χ0v) is 18.8. The van der Waals surface area contributed by atoms with Crippen LogP contribution in [0.5, 0.6) is 0 Å². The van der Waals surface area contributed by atoms with Gasteiger partial charge >= 0.3 is 0 Å². The van der Waals surface area contributed by atoms with Crippen LogP contribution in [0.3, 0.4) is 0 Å². The number of allylic oxidation sites excluding steroid dienone is 2. The van der Waals surface area contributed by atoms with E-state index in [9.17, 15) is 4.79 Å². The minimum atomic E-state index is -0.251. The molecule has 2 nitrogen and oxygen atoms in total. The van der Waals surface area contributed by atoms with Crippen molar-refractivity contribution >= 4 is 5.91 Å². The molecule has 0 saturated heterocycles. The van der Waals surface area contributed by atoms with Crippen molar-refractivity contribution in [2.45, 2.75) is 79.2 Å². The molecule has 2 fully saturated rings. The molecule has 2 unspecified atom stereocenters. The first-order valence-corrected chi connectivity index (χ1v) is 11.9. The highest BCUT2D eigenvalue weighted by Crippen LogP contribution is 2.62. The molecule has 3 aliphatic carbocycles. The fraction of sp³-hybridized carbons (Fsp3) is 0.667. The molecule has 0 aromatic heterocycles. The number of carbonyl (C=O) groups is 1. The minimum absolute atomic E-state index is 0.251. The van der Waals surface area contributed by atoms with Gasteiger partial charge in [-0.1, -0.05) is 76.1 Å². The van der Waals surface area contributed by atoms with Gasteiger partial charge < -0.3 is 5.32 Å². The van der Waals surface area contributed by atoms with Crippen molar-refractivity contribution in [3.05, 3.63) is 47.5 Å². The van der Waals surface area contributed by atoms with Crippen LogP contribution < -0.4 is 5.32 Å². The lowest BCUT2D eigenvalue weighted by Crippen LogP contribution is -2.55. The maximum atomic E-state index is 13.5. The molecule has 1 aromatic rings. The molecule has 3 aliphatic rings. The summed E-state index contributed by atoms with van der Waals surface area (Å²) in [6, 6.07) is 10.3. The minimum Gasteiger partial charge on any atom is -0.352 e. The van der Waals surface area contributed by atoms with Crippen LogP contribution in [0, 0.1) is 34.5 Å². The van der Waals surface area contributed by atoms with Crippen molar-refractivity contribution in [1.29, 1.82) is 0 Å². The summed E-state index contributed by atoms with van der Waals surface area (Å²) in [5.41, 5.74) is 2.94. The highest BCUT2D eigenvalue weighted by Gasteiger charge is 2.57. The Morgan fingerprint density at radius 1 is 1.14 bits per heavy atom. The topological polar surface area (TPSA) is 29.1 Å². The van der Waals surface area contributed by atoms with Gasteiger partial charge in [0.2, 0.25) is 5.91 Å². The standard InChI is InChI=1S/C27H39NO/c1-19(2)21-11-13-23-22(17-21)12-14-24-26(23,3)15-8-16-27(24,4)25(29)28-18-20-9-6-5-7-10-20/h5-7,9-10,12,19,21,23-24H,8,11,13-18H2,1-4H3,(H,28,29)/t21?,23-,24?,26-,27+/m1/s1. The van der Waals surface area contributed by atoms with Crippen LogP contribution in [0.25, 0.3) is 0 Å². The lowest BCUT2D eigenvalue weighted by Gasteiger charge is -2.58. The van der Waals surface area contributed by atoms with E-state index in [0.717, 1.165) is 24.7 Å². The maximum Gasteiger partial charge on any atom is 0.226 e. The summed E-state index contributed by atoms with van der Waals surface area (Å²) in [7, 11) is 0. The van der Waals surface area contributed by atoms with Crippen LogP contribution in [0.15, 0.2) is 42.0 Å². The summed E-state index contributed by atoms with van der Waals surface area (Å²) in [6.07, 6.45) is 11.1. The van der Waals surface area contributed by atoms with E-state index in [-0.39, 0.29) is 16.7 Å². The number of carbonyl (C=O) groups excluding carboxylic acids is 1. The van der Waals surface area contributed by atoms with E-state index in [2.05, 4.69) is 51.2 Å². The van der Waals surface area contributed by atoms with Crippen molar-refractivity contribution < 1.29 is 4.79 Å². The van der Waals surface area contributed by atoms with Gasteiger partial charge in [-0.3, -0.25) is 4.79 Å². The first kappa shape index (κ1) is 20.7. The van der Waals surface area contributed by atoms with Crippen molar-refractivity contribution in [1.82, 2.24) is 5.32 Å². The third-order valence-electron chi connectivity index (χ3n) is 8.92. The van der Waals surface area contributed by atoms with E-state index in [1.807, 2.05) is 18.2 Å². The van der Waals surface area contributed by atoms with Crippen LogP contribution in [0.4, 0.5) is 0 Å². The molecular formula is C27H39NO. The smallest absolute Gasteiger partial charge is 0.226 e. The van der Waals surface area contributed by atoms with Gasteiger partial charge in [0.1, 0.15) is 0 Å². The summed E-state index contributed by atoms with van der Waals surface area (Å²) in [5, 5.41) is 3.29. The average Bonchev–Trinajstić information content (AvgIpc) is 2.72. The molecule has 29 heavy (non-hydrogen) atoms. The number of amides is 1. The molecule has 1 aromatic carbocycles. The summed E-state index contributed by atoms with van der Waals surface area (Å²) >= 11 is 0. The quantitative estimate of drug-likeness (QED) is 0.580. The Hall–Kier alpha value is -1.57. The van der Waals surface area contributed by atoms with Gasteiger partial charge in [0, 0.05) is 6.54 Å².